The Morgan fingerprint density at radius 1 is 1.35 bits per heavy atom. The fourth-order valence-electron chi connectivity index (χ4n) is 1.62. The fraction of sp³-hybridized carbons (Fsp3) is 0.571. The van der Waals surface area contributed by atoms with Crippen molar-refractivity contribution in [2.75, 3.05) is 25.1 Å². The number of ether oxygens (including phenoxy) is 1. The van der Waals surface area contributed by atoms with Crippen molar-refractivity contribution in [1.82, 2.24) is 0 Å². The Kier molecular flexibility index (Phi) is 6.00. The minimum Gasteiger partial charge on any atom is -0.377 e. The molecule has 0 spiro atoms. The number of halogens is 1. The van der Waals surface area contributed by atoms with Crippen molar-refractivity contribution in [3.8, 4) is 0 Å². The zero-order valence-electron chi connectivity index (χ0n) is 11.2. The van der Waals surface area contributed by atoms with Gasteiger partial charge < -0.3 is 9.64 Å². The summed E-state index contributed by atoms with van der Waals surface area (Å²) in [5, 5.41) is 0.916. The molecule has 0 aliphatic carbocycles. The van der Waals surface area contributed by atoms with E-state index in [-0.39, 0.29) is 0 Å². The lowest BCUT2D eigenvalue weighted by molar-refractivity contribution is 0.0846. The second kappa shape index (κ2) is 7.02. The van der Waals surface area contributed by atoms with E-state index in [0.717, 1.165) is 18.5 Å². The average Bonchev–Trinajstić information content (AvgIpc) is 2.28. The van der Waals surface area contributed by atoms with E-state index >= 15 is 0 Å². The van der Waals surface area contributed by atoms with E-state index in [9.17, 15) is 0 Å². The van der Waals surface area contributed by atoms with Gasteiger partial charge in [0, 0.05) is 24.6 Å². The van der Waals surface area contributed by atoms with E-state index in [0.29, 0.717) is 6.10 Å². The number of hydrogen-bond acceptors (Lipinski definition) is 2. The van der Waals surface area contributed by atoms with Crippen LogP contribution in [0.2, 0.25) is 0 Å². The van der Waals surface area contributed by atoms with Crippen LogP contribution in [0.1, 0.15) is 25.0 Å². The van der Waals surface area contributed by atoms with Crippen molar-refractivity contribution >= 4 is 21.6 Å². The average molecular weight is 300 g/mol. The molecule has 0 fully saturated rings. The molecule has 0 amide bonds. The first-order chi connectivity index (χ1) is 8.04. The zero-order chi connectivity index (χ0) is 12.8. The number of alkyl halides is 1. The molecule has 0 heterocycles. The summed E-state index contributed by atoms with van der Waals surface area (Å²) in [5.41, 5.74) is 3.93. The lowest BCUT2D eigenvalue weighted by Crippen LogP contribution is -2.23. The molecule has 0 unspecified atom stereocenters. The number of hydrogen-bond donors (Lipinski definition) is 0. The van der Waals surface area contributed by atoms with E-state index in [2.05, 4.69) is 66.8 Å². The fourth-order valence-corrected chi connectivity index (χ4v) is 2.25. The maximum Gasteiger partial charge on any atom is 0.0644 e. The topological polar surface area (TPSA) is 12.5 Å². The zero-order valence-corrected chi connectivity index (χ0v) is 12.8. The minimum absolute atomic E-state index is 0.306. The molecule has 0 radical (unpaired) electrons. The third-order valence-electron chi connectivity index (χ3n) is 2.79. The predicted molar refractivity (Wildman–Crippen MR) is 78.2 cm³/mol. The number of nitrogens with zero attached hydrogens (tertiary/aromatic N) is 1. The van der Waals surface area contributed by atoms with Gasteiger partial charge in [-0.15, -0.1) is 0 Å². The molecule has 17 heavy (non-hydrogen) atoms. The molecule has 1 aromatic carbocycles. The molecular weight excluding hydrogens is 278 g/mol. The van der Waals surface area contributed by atoms with Crippen LogP contribution in [-0.4, -0.2) is 26.3 Å². The second-order valence-corrected chi connectivity index (χ2v) is 5.15. The van der Waals surface area contributed by atoms with Gasteiger partial charge in [0.2, 0.25) is 0 Å². The molecule has 1 aromatic rings. The highest BCUT2D eigenvalue weighted by Gasteiger charge is 2.04. The van der Waals surface area contributed by atoms with E-state index in [1.807, 2.05) is 0 Å². The van der Waals surface area contributed by atoms with Gasteiger partial charge in [-0.05, 0) is 44.0 Å². The van der Waals surface area contributed by atoms with Gasteiger partial charge in [0.25, 0.3) is 0 Å². The monoisotopic (exact) mass is 299 g/mol. The van der Waals surface area contributed by atoms with Crippen molar-refractivity contribution < 1.29 is 4.74 Å². The van der Waals surface area contributed by atoms with Crippen LogP contribution in [0.4, 0.5) is 5.69 Å². The van der Waals surface area contributed by atoms with Gasteiger partial charge in [0.15, 0.2) is 0 Å². The Labute approximate surface area is 113 Å². The van der Waals surface area contributed by atoms with Crippen LogP contribution in [0.3, 0.4) is 0 Å². The third-order valence-corrected chi connectivity index (χ3v) is 3.39. The predicted octanol–water partition coefficient (Wildman–Crippen LogP) is 3.75. The molecule has 0 N–H and O–H groups in total. The second-order valence-electron chi connectivity index (χ2n) is 4.59. The Bertz CT molecular complexity index is 352. The van der Waals surface area contributed by atoms with E-state index in [4.69, 9.17) is 4.74 Å². The summed E-state index contributed by atoms with van der Waals surface area (Å²) in [7, 11) is 2.10. The molecule has 96 valence electrons. The molecule has 1 rings (SSSR count). The first-order valence-corrected chi connectivity index (χ1v) is 7.15. The van der Waals surface area contributed by atoms with E-state index < -0.39 is 0 Å². The summed E-state index contributed by atoms with van der Waals surface area (Å²) in [5.74, 6) is 0. The van der Waals surface area contributed by atoms with Crippen molar-refractivity contribution in [1.29, 1.82) is 0 Å². The van der Waals surface area contributed by atoms with Crippen molar-refractivity contribution in [2.24, 2.45) is 0 Å². The lowest BCUT2D eigenvalue weighted by atomic mass is 10.1. The van der Waals surface area contributed by atoms with Crippen molar-refractivity contribution in [3.05, 3.63) is 29.3 Å². The number of rotatable bonds is 6. The summed E-state index contributed by atoms with van der Waals surface area (Å²) in [6, 6.07) is 6.57. The van der Waals surface area contributed by atoms with Gasteiger partial charge in [0.05, 0.1) is 12.7 Å². The first-order valence-electron chi connectivity index (χ1n) is 6.02. The molecule has 0 aliphatic rings. The van der Waals surface area contributed by atoms with Crippen LogP contribution in [0.15, 0.2) is 18.2 Å². The molecule has 0 bridgehead atoms. The highest BCUT2D eigenvalue weighted by molar-refractivity contribution is 9.08. The van der Waals surface area contributed by atoms with Crippen LogP contribution in [0, 0.1) is 6.92 Å². The van der Waals surface area contributed by atoms with Gasteiger partial charge >= 0.3 is 0 Å². The molecule has 2 nitrogen and oxygen atoms in total. The Morgan fingerprint density at radius 3 is 2.59 bits per heavy atom. The standard InChI is InChI=1S/C14H22BrNO/c1-11(2)17-8-7-16(4)14-6-5-13(10-15)12(3)9-14/h5-6,9,11H,7-8,10H2,1-4H3. The van der Waals surface area contributed by atoms with Crippen LogP contribution in [0.25, 0.3) is 0 Å². The molecule has 0 saturated carbocycles. The molecular formula is C14H22BrNO. The number of aryl methyl sites for hydroxylation is 1. The number of benzene rings is 1. The summed E-state index contributed by atoms with van der Waals surface area (Å²) >= 11 is 3.49. The maximum atomic E-state index is 5.56. The molecule has 3 heteroatoms. The highest BCUT2D eigenvalue weighted by Crippen LogP contribution is 2.19. The Balaban J connectivity index is 2.57. The molecule has 0 atom stereocenters. The quantitative estimate of drug-likeness (QED) is 0.742. The van der Waals surface area contributed by atoms with Crippen LogP contribution >= 0.6 is 15.9 Å². The van der Waals surface area contributed by atoms with Crippen LogP contribution in [-0.2, 0) is 10.1 Å². The molecule has 0 saturated heterocycles. The SMILES string of the molecule is Cc1cc(N(C)CCOC(C)C)ccc1CBr. The summed E-state index contributed by atoms with van der Waals surface area (Å²) in [6.07, 6.45) is 0.306. The highest BCUT2D eigenvalue weighted by atomic mass is 79.9. The Hall–Kier alpha value is -0.540. The van der Waals surface area contributed by atoms with E-state index in [1.165, 1.54) is 16.8 Å². The Morgan fingerprint density at radius 2 is 2.06 bits per heavy atom. The normalized spacial score (nSPS) is 10.9. The van der Waals surface area contributed by atoms with Crippen molar-refractivity contribution in [3.63, 3.8) is 0 Å². The number of anilines is 1. The van der Waals surface area contributed by atoms with Crippen molar-refractivity contribution in [2.45, 2.75) is 32.2 Å². The largest absolute Gasteiger partial charge is 0.377 e. The lowest BCUT2D eigenvalue weighted by Gasteiger charge is -2.21. The molecule has 0 aliphatic heterocycles. The maximum absolute atomic E-state index is 5.56. The number of likely N-dealkylation sites (N-methyl/N-ethyl adjacent to an activating group) is 1. The first kappa shape index (κ1) is 14.5. The van der Waals surface area contributed by atoms with Crippen LogP contribution in [0.5, 0.6) is 0 Å². The van der Waals surface area contributed by atoms with Gasteiger partial charge in [-0.1, -0.05) is 22.0 Å². The summed E-state index contributed by atoms with van der Waals surface area (Å²) in [4.78, 5) is 2.23. The smallest absolute Gasteiger partial charge is 0.0644 e. The molecule has 0 aromatic heterocycles. The summed E-state index contributed by atoms with van der Waals surface area (Å²) in [6.45, 7) is 7.97. The van der Waals surface area contributed by atoms with Gasteiger partial charge in [-0.25, -0.2) is 0 Å². The summed E-state index contributed by atoms with van der Waals surface area (Å²) < 4.78 is 5.56. The van der Waals surface area contributed by atoms with Gasteiger partial charge in [0.1, 0.15) is 0 Å². The minimum atomic E-state index is 0.306. The van der Waals surface area contributed by atoms with E-state index in [1.54, 1.807) is 0 Å². The van der Waals surface area contributed by atoms with Gasteiger partial charge in [-0.2, -0.15) is 0 Å². The third kappa shape index (κ3) is 4.68. The van der Waals surface area contributed by atoms with Gasteiger partial charge in [-0.3, -0.25) is 0 Å². The van der Waals surface area contributed by atoms with Crippen LogP contribution < -0.4 is 4.90 Å².